The molecule has 1 fully saturated rings. The summed E-state index contributed by atoms with van der Waals surface area (Å²) in [4.78, 5) is 11.3. The fraction of sp³-hybridized carbons (Fsp3) is 0.250. The van der Waals surface area contributed by atoms with Crippen LogP contribution in [0.15, 0.2) is 40.5 Å². The van der Waals surface area contributed by atoms with Gasteiger partial charge in [0.2, 0.25) is 0 Å². The molecule has 1 unspecified atom stereocenters. The largest absolute Gasteiger partial charge is 0.450 e. The molecular weight excluding hydrogens is 218 g/mol. The summed E-state index contributed by atoms with van der Waals surface area (Å²) < 4.78 is 5.24. The van der Waals surface area contributed by atoms with Gasteiger partial charge in [-0.05, 0) is 12.0 Å². The molecule has 5 nitrogen and oxygen atoms in total. The lowest BCUT2D eigenvalue weighted by Crippen LogP contribution is -2.24. The molecule has 1 aromatic carbocycles. The average molecular weight is 231 g/mol. The van der Waals surface area contributed by atoms with Crippen molar-refractivity contribution in [2.45, 2.75) is 19.4 Å². The summed E-state index contributed by atoms with van der Waals surface area (Å²) in [5, 5.41) is 10.2. The van der Waals surface area contributed by atoms with E-state index in [2.05, 4.69) is 15.5 Å². The SMILES string of the molecule is CCC1O/C(=N/N=C/c2ccccc2)NC1=O. The van der Waals surface area contributed by atoms with Crippen LogP contribution >= 0.6 is 0 Å². The lowest BCUT2D eigenvalue weighted by Gasteiger charge is -1.99. The van der Waals surface area contributed by atoms with Gasteiger partial charge in [-0.3, -0.25) is 10.1 Å². The molecule has 0 bridgehead atoms. The van der Waals surface area contributed by atoms with Gasteiger partial charge in [-0.2, -0.15) is 5.10 Å². The molecule has 0 radical (unpaired) electrons. The summed E-state index contributed by atoms with van der Waals surface area (Å²) in [6.45, 7) is 1.88. The highest BCUT2D eigenvalue weighted by molar-refractivity contribution is 6.02. The van der Waals surface area contributed by atoms with Gasteiger partial charge in [0.25, 0.3) is 5.91 Å². The Morgan fingerprint density at radius 2 is 2.18 bits per heavy atom. The van der Waals surface area contributed by atoms with Gasteiger partial charge in [-0.1, -0.05) is 42.4 Å². The molecule has 1 saturated heterocycles. The zero-order valence-electron chi connectivity index (χ0n) is 9.46. The van der Waals surface area contributed by atoms with Crippen LogP contribution in [0.5, 0.6) is 0 Å². The molecule has 0 saturated carbocycles. The Morgan fingerprint density at radius 1 is 1.41 bits per heavy atom. The Bertz CT molecular complexity index is 454. The lowest BCUT2D eigenvalue weighted by atomic mass is 10.2. The van der Waals surface area contributed by atoms with E-state index >= 15 is 0 Å². The number of benzene rings is 1. The van der Waals surface area contributed by atoms with Crippen molar-refractivity contribution in [1.82, 2.24) is 5.32 Å². The molecule has 1 aliphatic heterocycles. The molecule has 1 amide bonds. The number of nitrogens with zero attached hydrogens (tertiary/aromatic N) is 2. The van der Waals surface area contributed by atoms with Crippen LogP contribution in [0.4, 0.5) is 0 Å². The summed E-state index contributed by atoms with van der Waals surface area (Å²) in [6.07, 6.45) is 1.77. The van der Waals surface area contributed by atoms with Crippen LogP contribution in [0.3, 0.4) is 0 Å². The van der Waals surface area contributed by atoms with Crippen LogP contribution in [0.2, 0.25) is 0 Å². The number of carbonyl (C=O) groups is 1. The molecule has 1 N–H and O–H groups in total. The Morgan fingerprint density at radius 3 is 2.82 bits per heavy atom. The zero-order valence-corrected chi connectivity index (χ0v) is 9.46. The van der Waals surface area contributed by atoms with Gasteiger partial charge in [0.05, 0.1) is 6.21 Å². The molecule has 1 heterocycles. The third-order valence-electron chi connectivity index (χ3n) is 2.30. The standard InChI is InChI=1S/C12H13N3O2/c1-2-10-11(16)14-12(17-10)15-13-8-9-6-4-3-5-7-9/h3-8,10H,2H2,1H3,(H,14,15,16)/b13-8+. The van der Waals surface area contributed by atoms with E-state index in [1.807, 2.05) is 37.3 Å². The van der Waals surface area contributed by atoms with Gasteiger partial charge in [0, 0.05) is 0 Å². The van der Waals surface area contributed by atoms with E-state index in [-0.39, 0.29) is 11.9 Å². The van der Waals surface area contributed by atoms with Crippen LogP contribution in [-0.4, -0.2) is 24.2 Å². The maximum absolute atomic E-state index is 11.3. The van der Waals surface area contributed by atoms with Crippen molar-refractivity contribution in [3.63, 3.8) is 0 Å². The molecule has 17 heavy (non-hydrogen) atoms. The summed E-state index contributed by atoms with van der Waals surface area (Å²) >= 11 is 0. The first-order valence-corrected chi connectivity index (χ1v) is 5.43. The smallest absolute Gasteiger partial charge is 0.316 e. The first-order valence-electron chi connectivity index (χ1n) is 5.43. The van der Waals surface area contributed by atoms with Crippen molar-refractivity contribution < 1.29 is 9.53 Å². The van der Waals surface area contributed by atoms with E-state index < -0.39 is 6.10 Å². The number of carbonyl (C=O) groups excluding carboxylic acids is 1. The van der Waals surface area contributed by atoms with Gasteiger partial charge in [0.15, 0.2) is 6.10 Å². The third kappa shape index (κ3) is 2.90. The number of hydrogen-bond donors (Lipinski definition) is 1. The summed E-state index contributed by atoms with van der Waals surface area (Å²) in [6, 6.07) is 9.73. The van der Waals surface area contributed by atoms with Crippen molar-refractivity contribution in [1.29, 1.82) is 0 Å². The van der Waals surface area contributed by atoms with E-state index in [9.17, 15) is 4.79 Å². The number of nitrogens with one attached hydrogen (secondary N) is 1. The van der Waals surface area contributed by atoms with Crippen molar-refractivity contribution >= 4 is 18.1 Å². The van der Waals surface area contributed by atoms with E-state index in [1.54, 1.807) is 6.21 Å². The maximum Gasteiger partial charge on any atom is 0.316 e. The Balaban J connectivity index is 1.98. The van der Waals surface area contributed by atoms with Crippen LogP contribution in [-0.2, 0) is 9.53 Å². The van der Waals surface area contributed by atoms with Gasteiger partial charge >= 0.3 is 6.02 Å². The zero-order chi connectivity index (χ0) is 12.1. The molecule has 1 aromatic rings. The molecular formula is C12H13N3O2. The Hall–Kier alpha value is -2.17. The fourth-order valence-corrected chi connectivity index (χ4v) is 1.41. The molecule has 5 heteroatoms. The predicted molar refractivity (Wildman–Crippen MR) is 64.8 cm³/mol. The fourth-order valence-electron chi connectivity index (χ4n) is 1.41. The highest BCUT2D eigenvalue weighted by Gasteiger charge is 2.28. The quantitative estimate of drug-likeness (QED) is 0.629. The second kappa shape index (κ2) is 5.25. The minimum absolute atomic E-state index is 0.161. The molecule has 1 atom stereocenters. The summed E-state index contributed by atoms with van der Waals surface area (Å²) in [5.74, 6) is -0.166. The lowest BCUT2D eigenvalue weighted by molar-refractivity contribution is -0.123. The van der Waals surface area contributed by atoms with Crippen LogP contribution in [0.25, 0.3) is 0 Å². The van der Waals surface area contributed by atoms with E-state index in [0.717, 1.165) is 5.56 Å². The average Bonchev–Trinajstić information content (AvgIpc) is 2.71. The van der Waals surface area contributed by atoms with Crippen molar-refractivity contribution in [3.05, 3.63) is 35.9 Å². The summed E-state index contributed by atoms with van der Waals surface area (Å²) in [5.41, 5.74) is 0.938. The normalized spacial score (nSPS) is 21.8. The molecule has 0 aliphatic carbocycles. The molecule has 2 rings (SSSR count). The Kier molecular flexibility index (Phi) is 3.49. The monoisotopic (exact) mass is 231 g/mol. The second-order valence-electron chi connectivity index (χ2n) is 3.56. The highest BCUT2D eigenvalue weighted by atomic mass is 16.5. The summed E-state index contributed by atoms with van der Waals surface area (Å²) in [7, 11) is 0. The first kappa shape index (κ1) is 11.3. The van der Waals surface area contributed by atoms with E-state index in [0.29, 0.717) is 6.42 Å². The minimum atomic E-state index is -0.444. The number of rotatable bonds is 3. The maximum atomic E-state index is 11.3. The van der Waals surface area contributed by atoms with E-state index in [4.69, 9.17) is 4.74 Å². The van der Waals surface area contributed by atoms with Crippen LogP contribution in [0, 0.1) is 0 Å². The topological polar surface area (TPSA) is 63.1 Å². The number of amidine groups is 1. The number of ether oxygens (including phenoxy) is 1. The Labute approximate surface area is 99.2 Å². The molecule has 0 spiro atoms. The van der Waals surface area contributed by atoms with Crippen molar-refractivity contribution in [2.75, 3.05) is 0 Å². The second-order valence-corrected chi connectivity index (χ2v) is 3.56. The molecule has 88 valence electrons. The molecule has 0 aromatic heterocycles. The van der Waals surface area contributed by atoms with Crippen LogP contribution < -0.4 is 5.32 Å². The van der Waals surface area contributed by atoms with Gasteiger partial charge < -0.3 is 4.74 Å². The van der Waals surface area contributed by atoms with Crippen molar-refractivity contribution in [2.24, 2.45) is 10.2 Å². The van der Waals surface area contributed by atoms with Gasteiger partial charge in [0.1, 0.15) is 0 Å². The number of hydrogen-bond acceptors (Lipinski definition) is 4. The van der Waals surface area contributed by atoms with Crippen molar-refractivity contribution in [3.8, 4) is 0 Å². The minimum Gasteiger partial charge on any atom is -0.450 e. The predicted octanol–water partition coefficient (Wildman–Crippen LogP) is 1.30. The first-order chi connectivity index (χ1) is 8.29. The third-order valence-corrected chi connectivity index (χ3v) is 2.30. The van der Waals surface area contributed by atoms with Crippen LogP contribution in [0.1, 0.15) is 18.9 Å². The van der Waals surface area contributed by atoms with E-state index in [1.165, 1.54) is 0 Å². The van der Waals surface area contributed by atoms with Gasteiger partial charge in [-0.15, -0.1) is 0 Å². The highest BCUT2D eigenvalue weighted by Crippen LogP contribution is 2.05. The molecule has 1 aliphatic rings. The van der Waals surface area contributed by atoms with Gasteiger partial charge in [-0.25, -0.2) is 0 Å². The number of amides is 1.